The van der Waals surface area contributed by atoms with Crippen molar-refractivity contribution in [1.82, 2.24) is 18.3 Å². The van der Waals surface area contributed by atoms with E-state index < -0.39 is 0 Å². The normalized spacial score (nSPS) is 12.3. The molecule has 0 aliphatic rings. The second-order valence-corrected chi connectivity index (χ2v) is 17.3. The lowest BCUT2D eigenvalue weighted by molar-refractivity contribution is 0.669. The Labute approximate surface area is 371 Å². The van der Waals surface area contributed by atoms with E-state index >= 15 is 0 Å². The van der Waals surface area contributed by atoms with Gasteiger partial charge in [0.05, 0.1) is 60.9 Å². The van der Waals surface area contributed by atoms with Crippen molar-refractivity contribution >= 4 is 109 Å². The summed E-state index contributed by atoms with van der Waals surface area (Å²) in [7, 11) is 0. The molecule has 0 aliphatic heterocycles. The van der Waals surface area contributed by atoms with Crippen molar-refractivity contribution in [3.8, 4) is 22.7 Å². The summed E-state index contributed by atoms with van der Waals surface area (Å²) < 4.78 is 16.4. The number of aromatic nitrogens is 4. The number of benzene rings is 10. The minimum absolute atomic E-state index is 0.860. The van der Waals surface area contributed by atoms with Crippen LogP contribution in [0.4, 0.5) is 0 Å². The SMILES string of the molecule is c1ccc2c(c1)oc1ccc(-n3c4ccccc4c4ccccc43)c(-n3c4ccccc4c4cc(-n5c6ccccc6c6cc(-n7c8ccccc8c8ccccc87)ccc65)ccc43)c12. The summed E-state index contributed by atoms with van der Waals surface area (Å²) >= 11 is 0. The second kappa shape index (κ2) is 12.9. The number of hydrogen-bond donors (Lipinski definition) is 0. The Morgan fingerprint density at radius 3 is 1.08 bits per heavy atom. The molecule has 10 aromatic carbocycles. The lowest BCUT2D eigenvalue weighted by Crippen LogP contribution is -2.04. The highest BCUT2D eigenvalue weighted by Crippen LogP contribution is 2.45. The summed E-state index contributed by atoms with van der Waals surface area (Å²) in [5.41, 5.74) is 15.5. The van der Waals surface area contributed by atoms with Gasteiger partial charge in [0.2, 0.25) is 0 Å². The van der Waals surface area contributed by atoms with Crippen LogP contribution in [0, 0.1) is 0 Å². The highest BCUT2D eigenvalue weighted by molar-refractivity contribution is 6.18. The topological polar surface area (TPSA) is 32.9 Å². The van der Waals surface area contributed by atoms with Crippen LogP contribution in [0.1, 0.15) is 0 Å². The zero-order chi connectivity index (χ0) is 42.3. The molecule has 15 rings (SSSR count). The van der Waals surface area contributed by atoms with E-state index in [9.17, 15) is 0 Å². The van der Waals surface area contributed by atoms with Gasteiger partial charge in [-0.25, -0.2) is 0 Å². The number of para-hydroxylation sites is 7. The molecule has 0 N–H and O–H groups in total. The quantitative estimate of drug-likeness (QED) is 0.174. The molecule has 15 aromatic rings. The highest BCUT2D eigenvalue weighted by Gasteiger charge is 2.25. The van der Waals surface area contributed by atoms with E-state index in [0.29, 0.717) is 0 Å². The Kier molecular flexibility index (Phi) is 6.89. The number of furan rings is 1. The molecular formula is C60H36N4O. The molecule has 65 heavy (non-hydrogen) atoms. The molecule has 0 amide bonds. The summed E-state index contributed by atoms with van der Waals surface area (Å²) in [6.45, 7) is 0. The van der Waals surface area contributed by atoms with Crippen molar-refractivity contribution in [3.63, 3.8) is 0 Å². The molecule has 0 radical (unpaired) electrons. The Hall–Kier alpha value is -8.80. The van der Waals surface area contributed by atoms with Gasteiger partial charge < -0.3 is 22.7 Å². The number of nitrogens with zero attached hydrogens (tertiary/aromatic N) is 4. The Morgan fingerprint density at radius 2 is 0.600 bits per heavy atom. The second-order valence-electron chi connectivity index (χ2n) is 17.3. The predicted molar refractivity (Wildman–Crippen MR) is 271 cm³/mol. The maximum atomic E-state index is 6.66. The van der Waals surface area contributed by atoms with Crippen LogP contribution in [0.15, 0.2) is 223 Å². The smallest absolute Gasteiger partial charge is 0.137 e. The average Bonchev–Trinajstić information content (AvgIpc) is 4.16. The molecule has 5 nitrogen and oxygen atoms in total. The van der Waals surface area contributed by atoms with Crippen molar-refractivity contribution in [2.45, 2.75) is 0 Å². The van der Waals surface area contributed by atoms with Crippen LogP contribution in [0.5, 0.6) is 0 Å². The van der Waals surface area contributed by atoms with E-state index in [1.165, 1.54) is 65.2 Å². The molecular weight excluding hydrogens is 793 g/mol. The van der Waals surface area contributed by atoms with Gasteiger partial charge >= 0.3 is 0 Å². The van der Waals surface area contributed by atoms with Crippen LogP contribution in [0.2, 0.25) is 0 Å². The van der Waals surface area contributed by atoms with Crippen molar-refractivity contribution in [3.05, 3.63) is 218 Å². The summed E-state index contributed by atoms with van der Waals surface area (Å²) in [6, 6.07) is 79.5. The fourth-order valence-electron chi connectivity index (χ4n) is 11.3. The lowest BCUT2D eigenvalue weighted by Gasteiger charge is -2.18. The van der Waals surface area contributed by atoms with Crippen LogP contribution >= 0.6 is 0 Å². The van der Waals surface area contributed by atoms with E-state index in [1.54, 1.807) is 0 Å². The summed E-state index contributed by atoms with van der Waals surface area (Å²) in [6.07, 6.45) is 0. The summed E-state index contributed by atoms with van der Waals surface area (Å²) in [4.78, 5) is 0. The van der Waals surface area contributed by atoms with E-state index in [1.807, 2.05) is 0 Å². The number of fused-ring (bicyclic) bond motifs is 15. The monoisotopic (exact) mass is 828 g/mol. The fraction of sp³-hybridized carbons (Fsp3) is 0. The van der Waals surface area contributed by atoms with Gasteiger partial charge in [0.1, 0.15) is 11.2 Å². The van der Waals surface area contributed by atoms with E-state index in [0.717, 1.165) is 66.8 Å². The Morgan fingerprint density at radius 1 is 0.246 bits per heavy atom. The minimum Gasteiger partial charge on any atom is -0.456 e. The van der Waals surface area contributed by atoms with Crippen molar-refractivity contribution in [1.29, 1.82) is 0 Å². The first-order chi connectivity index (χ1) is 32.3. The highest BCUT2D eigenvalue weighted by atomic mass is 16.3. The third kappa shape index (κ3) is 4.65. The van der Waals surface area contributed by atoms with Gasteiger partial charge in [0.25, 0.3) is 0 Å². The first-order valence-corrected chi connectivity index (χ1v) is 22.3. The van der Waals surface area contributed by atoms with Crippen LogP contribution in [0.25, 0.3) is 132 Å². The first-order valence-electron chi connectivity index (χ1n) is 22.3. The van der Waals surface area contributed by atoms with Crippen LogP contribution in [-0.2, 0) is 0 Å². The third-order valence-corrected chi connectivity index (χ3v) is 13.9. The van der Waals surface area contributed by atoms with Crippen molar-refractivity contribution in [2.75, 3.05) is 0 Å². The Balaban J connectivity index is 1.01. The first kappa shape index (κ1) is 34.7. The maximum absolute atomic E-state index is 6.66. The Bertz CT molecular complexity index is 4380. The zero-order valence-corrected chi connectivity index (χ0v) is 35.0. The molecule has 5 aromatic heterocycles. The summed E-state index contributed by atoms with van der Waals surface area (Å²) in [5, 5.41) is 12.0. The van der Waals surface area contributed by atoms with Crippen molar-refractivity contribution in [2.24, 2.45) is 0 Å². The fourth-order valence-corrected chi connectivity index (χ4v) is 11.3. The molecule has 302 valence electrons. The number of rotatable bonds is 4. The maximum Gasteiger partial charge on any atom is 0.137 e. The molecule has 0 saturated carbocycles. The van der Waals surface area contributed by atoms with Gasteiger partial charge in [-0.1, -0.05) is 127 Å². The zero-order valence-electron chi connectivity index (χ0n) is 35.0. The van der Waals surface area contributed by atoms with E-state index in [-0.39, 0.29) is 0 Å². The van der Waals surface area contributed by atoms with E-state index in [2.05, 4.69) is 237 Å². The van der Waals surface area contributed by atoms with Gasteiger partial charge in [0, 0.05) is 59.9 Å². The lowest BCUT2D eigenvalue weighted by atomic mass is 10.1. The van der Waals surface area contributed by atoms with Crippen LogP contribution in [0.3, 0.4) is 0 Å². The van der Waals surface area contributed by atoms with Crippen LogP contribution < -0.4 is 0 Å². The average molecular weight is 829 g/mol. The van der Waals surface area contributed by atoms with Crippen LogP contribution in [-0.4, -0.2) is 18.3 Å². The van der Waals surface area contributed by atoms with Gasteiger partial charge in [-0.3, -0.25) is 0 Å². The van der Waals surface area contributed by atoms with E-state index in [4.69, 9.17) is 4.42 Å². The van der Waals surface area contributed by atoms with Gasteiger partial charge in [-0.15, -0.1) is 0 Å². The molecule has 0 unspecified atom stereocenters. The number of hydrogen-bond acceptors (Lipinski definition) is 1. The largest absolute Gasteiger partial charge is 0.456 e. The van der Waals surface area contributed by atoms with Crippen molar-refractivity contribution < 1.29 is 4.42 Å². The minimum atomic E-state index is 0.860. The molecule has 0 saturated heterocycles. The molecule has 0 aliphatic carbocycles. The standard InChI is InChI=1S/C60H36N4O/c1-8-22-48-39(15-1)40-16-2-9-23-49(40)61(48)37-29-31-54-46(35-37)43-19-5-10-24-50(43)62(54)38-30-32-55-47(36-38)44-20-6-13-27-53(44)64(55)60-56(33-34-58-59(60)45-21-7-14-28-57(45)65-58)63-51-25-11-3-17-41(51)42-18-4-12-26-52(42)63/h1-36H. The predicted octanol–water partition coefficient (Wildman–Crippen LogP) is 16.0. The van der Waals surface area contributed by atoms with Gasteiger partial charge in [-0.2, -0.15) is 0 Å². The molecule has 0 fully saturated rings. The van der Waals surface area contributed by atoms with Gasteiger partial charge in [0.15, 0.2) is 0 Å². The van der Waals surface area contributed by atoms with Gasteiger partial charge in [-0.05, 0) is 91.0 Å². The molecule has 0 bridgehead atoms. The molecule has 0 atom stereocenters. The molecule has 5 heterocycles. The molecule has 0 spiro atoms. The third-order valence-electron chi connectivity index (χ3n) is 13.9. The summed E-state index contributed by atoms with van der Waals surface area (Å²) in [5.74, 6) is 0. The molecule has 5 heteroatoms.